The van der Waals surface area contributed by atoms with E-state index in [1.807, 2.05) is 0 Å². The first-order valence-electron chi connectivity index (χ1n) is 40.0. The Kier molecular flexibility index (Phi) is 67.4. The minimum absolute atomic E-state index is 0.105. The summed E-state index contributed by atoms with van der Waals surface area (Å²) in [6.45, 7) is 9.59. The van der Waals surface area contributed by atoms with Gasteiger partial charge in [0.2, 0.25) is 0 Å². The van der Waals surface area contributed by atoms with E-state index in [-0.39, 0.29) is 25.7 Å². The minimum Gasteiger partial charge on any atom is -0.462 e. The largest absolute Gasteiger partial charge is 0.472 e. The van der Waals surface area contributed by atoms with Crippen molar-refractivity contribution in [3.63, 3.8) is 0 Å². The van der Waals surface area contributed by atoms with Crippen molar-refractivity contribution in [1.82, 2.24) is 0 Å². The monoisotopic (exact) mass is 1410 g/mol. The van der Waals surface area contributed by atoms with E-state index in [1.54, 1.807) is 0 Å². The zero-order valence-electron chi connectivity index (χ0n) is 62.7. The van der Waals surface area contributed by atoms with Gasteiger partial charge in [0, 0.05) is 25.7 Å². The van der Waals surface area contributed by atoms with Crippen LogP contribution in [0.2, 0.25) is 0 Å². The van der Waals surface area contributed by atoms with Crippen LogP contribution >= 0.6 is 15.6 Å². The van der Waals surface area contributed by atoms with Gasteiger partial charge in [0.05, 0.1) is 26.4 Å². The van der Waals surface area contributed by atoms with Gasteiger partial charge in [0.15, 0.2) is 12.2 Å². The Morgan fingerprint density at radius 1 is 0.302 bits per heavy atom. The van der Waals surface area contributed by atoms with Gasteiger partial charge in [0.1, 0.15) is 19.3 Å². The molecule has 0 rings (SSSR count). The van der Waals surface area contributed by atoms with Crippen LogP contribution in [0.3, 0.4) is 0 Å². The van der Waals surface area contributed by atoms with Crippen LogP contribution in [-0.2, 0) is 65.4 Å². The average Bonchev–Trinajstić information content (AvgIpc) is 1.58. The Labute approximate surface area is 588 Å². The molecule has 3 unspecified atom stereocenters. The fourth-order valence-electron chi connectivity index (χ4n) is 11.8. The molecule has 0 radical (unpaired) electrons. The van der Waals surface area contributed by atoms with Crippen molar-refractivity contribution in [3.8, 4) is 0 Å². The second kappa shape index (κ2) is 68.8. The molecule has 0 amide bonds. The van der Waals surface area contributed by atoms with Gasteiger partial charge in [-0.25, -0.2) is 9.13 Å². The zero-order valence-corrected chi connectivity index (χ0v) is 64.5. The summed E-state index contributed by atoms with van der Waals surface area (Å²) in [4.78, 5) is 72.8. The highest BCUT2D eigenvalue weighted by molar-refractivity contribution is 7.47. The fraction of sp³-hybridized carbons (Fsp3) is 0.948. The summed E-state index contributed by atoms with van der Waals surface area (Å²) in [7, 11) is -9.91. The van der Waals surface area contributed by atoms with Gasteiger partial charge in [0.25, 0.3) is 0 Å². The Bertz CT molecular complexity index is 1860. The first kappa shape index (κ1) is 94.1. The third-order valence-corrected chi connectivity index (χ3v) is 20.2. The van der Waals surface area contributed by atoms with Crippen LogP contribution in [0.4, 0.5) is 0 Å². The fourth-order valence-corrected chi connectivity index (χ4v) is 13.4. The van der Waals surface area contributed by atoms with Gasteiger partial charge in [-0.2, -0.15) is 0 Å². The Morgan fingerprint density at radius 2 is 0.531 bits per heavy atom. The molecule has 0 saturated heterocycles. The molecule has 3 N–H and O–H groups in total. The number of phosphoric ester groups is 2. The maximum atomic E-state index is 13.1. The highest BCUT2D eigenvalue weighted by Crippen LogP contribution is 2.45. The van der Waals surface area contributed by atoms with Crippen molar-refractivity contribution in [2.24, 2.45) is 11.8 Å². The standard InChI is InChI=1S/C77H150O17P2/c1-7-10-12-14-16-18-20-21-22-23-24-25-26-27-28-31-36-43-49-55-61-76(81)93-72(65-88-75(80)60-54-48-42-35-32-29-30-33-39-45-51-57-69(4)5)67-91-95(83,84)89-63-71(78)64-90-96(85,86)92-68-73(66-87-74(79)59-53-47-41-34-19-17-15-13-11-8-2)94-77(82)62-56-50-44-38-37-40-46-52-58-70(6)9-3/h69-73,78H,7-68H2,1-6H3,(H,83,84)(H,85,86)/t70?,71-,72-,73-/m1/s1. The van der Waals surface area contributed by atoms with Crippen molar-refractivity contribution < 1.29 is 80.2 Å². The number of aliphatic hydroxyl groups is 1. The molecule has 570 valence electrons. The smallest absolute Gasteiger partial charge is 0.462 e. The molecule has 0 aromatic carbocycles. The predicted molar refractivity (Wildman–Crippen MR) is 391 cm³/mol. The van der Waals surface area contributed by atoms with Gasteiger partial charge in [-0.3, -0.25) is 37.3 Å². The summed E-state index contributed by atoms with van der Waals surface area (Å²) in [6, 6.07) is 0. The number of unbranched alkanes of at least 4 members (excludes halogenated alkanes) is 45. The normalized spacial score (nSPS) is 14.3. The molecule has 19 heteroatoms. The van der Waals surface area contributed by atoms with Crippen LogP contribution in [-0.4, -0.2) is 96.7 Å². The molecule has 17 nitrogen and oxygen atoms in total. The van der Waals surface area contributed by atoms with Crippen LogP contribution < -0.4 is 0 Å². The number of phosphoric acid groups is 2. The molecule has 0 bridgehead atoms. The SMILES string of the molecule is CCCCCCCCCCCCCCCCCCCCCCC(=O)O[C@H](COC(=O)CCCCCCCCCCCCCC(C)C)COP(=O)(O)OC[C@@H](O)COP(=O)(O)OC[C@@H](COC(=O)CCCCCCCCCCCC)OC(=O)CCCCCCCCCCC(C)CC. The molecule has 0 aliphatic heterocycles. The number of carbonyl (C=O) groups is 4. The minimum atomic E-state index is -4.96. The van der Waals surface area contributed by atoms with Crippen molar-refractivity contribution >= 4 is 39.5 Å². The van der Waals surface area contributed by atoms with Crippen LogP contribution in [0.25, 0.3) is 0 Å². The molecular weight excluding hydrogens is 1260 g/mol. The van der Waals surface area contributed by atoms with E-state index < -0.39 is 97.5 Å². The van der Waals surface area contributed by atoms with Crippen LogP contribution in [0.15, 0.2) is 0 Å². The summed E-state index contributed by atoms with van der Waals surface area (Å²) in [5, 5.41) is 10.6. The topological polar surface area (TPSA) is 237 Å². The molecule has 0 aliphatic rings. The van der Waals surface area contributed by atoms with Gasteiger partial charge >= 0.3 is 39.5 Å². The van der Waals surface area contributed by atoms with E-state index >= 15 is 0 Å². The predicted octanol–water partition coefficient (Wildman–Crippen LogP) is 22.7. The number of aliphatic hydroxyl groups excluding tert-OH is 1. The van der Waals surface area contributed by atoms with Crippen LogP contribution in [0.1, 0.15) is 401 Å². The maximum absolute atomic E-state index is 13.1. The lowest BCUT2D eigenvalue weighted by Gasteiger charge is -2.21. The number of rotatable bonds is 76. The third kappa shape index (κ3) is 69.2. The second-order valence-electron chi connectivity index (χ2n) is 28.5. The molecule has 6 atom stereocenters. The number of esters is 4. The van der Waals surface area contributed by atoms with E-state index in [1.165, 1.54) is 218 Å². The van der Waals surface area contributed by atoms with E-state index in [4.69, 9.17) is 37.0 Å². The van der Waals surface area contributed by atoms with Gasteiger partial charge < -0.3 is 33.8 Å². The first-order valence-corrected chi connectivity index (χ1v) is 43.0. The number of hydrogen-bond acceptors (Lipinski definition) is 15. The molecule has 96 heavy (non-hydrogen) atoms. The Morgan fingerprint density at radius 3 is 0.792 bits per heavy atom. The molecule has 0 saturated carbocycles. The molecular formula is C77H150O17P2. The lowest BCUT2D eigenvalue weighted by Crippen LogP contribution is -2.30. The summed E-state index contributed by atoms with van der Waals surface area (Å²) in [6.07, 6.45) is 56.9. The summed E-state index contributed by atoms with van der Waals surface area (Å²) in [5.41, 5.74) is 0. The van der Waals surface area contributed by atoms with Gasteiger partial charge in [-0.05, 0) is 37.5 Å². The van der Waals surface area contributed by atoms with E-state index in [2.05, 4.69) is 41.5 Å². The third-order valence-electron chi connectivity index (χ3n) is 18.3. The van der Waals surface area contributed by atoms with Crippen LogP contribution in [0.5, 0.6) is 0 Å². The van der Waals surface area contributed by atoms with Crippen molar-refractivity contribution in [3.05, 3.63) is 0 Å². The highest BCUT2D eigenvalue weighted by atomic mass is 31.2. The quantitative estimate of drug-likeness (QED) is 0.0222. The average molecular weight is 1410 g/mol. The van der Waals surface area contributed by atoms with Crippen molar-refractivity contribution in [2.75, 3.05) is 39.6 Å². The summed E-state index contributed by atoms with van der Waals surface area (Å²) >= 11 is 0. The molecule has 0 heterocycles. The van der Waals surface area contributed by atoms with E-state index in [0.717, 1.165) is 102 Å². The van der Waals surface area contributed by atoms with Crippen molar-refractivity contribution in [2.45, 2.75) is 419 Å². The highest BCUT2D eigenvalue weighted by Gasteiger charge is 2.30. The van der Waals surface area contributed by atoms with Crippen LogP contribution in [0, 0.1) is 11.8 Å². The zero-order chi connectivity index (χ0) is 70.7. The number of ether oxygens (including phenoxy) is 4. The van der Waals surface area contributed by atoms with Crippen molar-refractivity contribution in [1.29, 1.82) is 0 Å². The van der Waals surface area contributed by atoms with E-state index in [9.17, 15) is 43.2 Å². The lowest BCUT2D eigenvalue weighted by molar-refractivity contribution is -0.161. The Balaban J connectivity index is 5.22. The molecule has 0 aromatic rings. The van der Waals surface area contributed by atoms with E-state index in [0.29, 0.717) is 25.7 Å². The number of carbonyl (C=O) groups excluding carboxylic acids is 4. The summed E-state index contributed by atoms with van der Waals surface area (Å²) < 4.78 is 68.5. The lowest BCUT2D eigenvalue weighted by atomic mass is 9.99. The Hall–Kier alpha value is -1.94. The number of hydrogen-bond donors (Lipinski definition) is 3. The van der Waals surface area contributed by atoms with Gasteiger partial charge in [-0.15, -0.1) is 0 Å². The summed E-state index contributed by atoms with van der Waals surface area (Å²) in [5.74, 6) is -0.575. The molecule has 0 spiro atoms. The maximum Gasteiger partial charge on any atom is 0.472 e. The van der Waals surface area contributed by atoms with Gasteiger partial charge in [-0.1, -0.05) is 350 Å². The molecule has 0 aromatic heterocycles. The molecule has 0 fully saturated rings. The first-order chi connectivity index (χ1) is 46.4. The molecule has 0 aliphatic carbocycles. The second-order valence-corrected chi connectivity index (χ2v) is 31.4.